The highest BCUT2D eigenvalue weighted by molar-refractivity contribution is 7.09. The topological polar surface area (TPSA) is 33.2 Å². The van der Waals surface area contributed by atoms with Crippen LogP contribution in [0, 0.1) is 12.3 Å². The van der Waals surface area contributed by atoms with Gasteiger partial charge < -0.3 is 4.90 Å². The summed E-state index contributed by atoms with van der Waals surface area (Å²) >= 11 is 1.67. The van der Waals surface area contributed by atoms with Crippen molar-refractivity contribution in [3.63, 3.8) is 0 Å². The molecule has 1 rings (SSSR count). The molecule has 3 nitrogen and oxygen atoms in total. The Morgan fingerprint density at radius 1 is 1.56 bits per heavy atom. The molecule has 0 amide bonds. The van der Waals surface area contributed by atoms with Crippen LogP contribution >= 0.6 is 11.3 Å². The summed E-state index contributed by atoms with van der Waals surface area (Å²) in [5, 5.41) is 0. The van der Waals surface area contributed by atoms with Gasteiger partial charge in [0.2, 0.25) is 0 Å². The molecular weight excluding hydrogens is 220 g/mol. The van der Waals surface area contributed by atoms with Crippen molar-refractivity contribution in [1.29, 1.82) is 0 Å². The van der Waals surface area contributed by atoms with Crippen LogP contribution in [0.1, 0.15) is 31.3 Å². The van der Waals surface area contributed by atoms with E-state index in [1.54, 1.807) is 18.3 Å². The molecule has 0 fully saturated rings. The molecule has 1 aromatic rings. The summed E-state index contributed by atoms with van der Waals surface area (Å²) in [6.07, 6.45) is 0. The molecule has 0 spiro atoms. The van der Waals surface area contributed by atoms with E-state index in [4.69, 9.17) is 0 Å². The van der Waals surface area contributed by atoms with Crippen LogP contribution in [0.5, 0.6) is 0 Å². The standard InChI is InChI=1S/C12H20N2OS/c1-9-11(16-8-13-9)6-14(5)7-12(3,4)10(2)15/h8H,6-7H2,1-5H3. The first-order chi connectivity index (χ1) is 7.33. The van der Waals surface area contributed by atoms with Crippen molar-refractivity contribution < 1.29 is 4.79 Å². The highest BCUT2D eigenvalue weighted by Crippen LogP contribution is 2.20. The van der Waals surface area contributed by atoms with Gasteiger partial charge in [0.25, 0.3) is 0 Å². The summed E-state index contributed by atoms with van der Waals surface area (Å²) in [5.41, 5.74) is 2.69. The maximum Gasteiger partial charge on any atom is 0.136 e. The Kier molecular flexibility index (Phi) is 4.21. The van der Waals surface area contributed by atoms with Crippen molar-refractivity contribution in [3.05, 3.63) is 16.1 Å². The van der Waals surface area contributed by atoms with Crippen molar-refractivity contribution >= 4 is 17.1 Å². The lowest BCUT2D eigenvalue weighted by atomic mass is 9.88. The number of carbonyl (C=O) groups excluding carboxylic acids is 1. The summed E-state index contributed by atoms with van der Waals surface area (Å²) in [5.74, 6) is 0.236. The van der Waals surface area contributed by atoms with Crippen LogP contribution in [-0.2, 0) is 11.3 Å². The lowest BCUT2D eigenvalue weighted by Crippen LogP contribution is -2.35. The lowest BCUT2D eigenvalue weighted by molar-refractivity contribution is -0.125. The van der Waals surface area contributed by atoms with Crippen LogP contribution in [0.15, 0.2) is 5.51 Å². The largest absolute Gasteiger partial charge is 0.300 e. The number of ketones is 1. The number of thiazole rings is 1. The van der Waals surface area contributed by atoms with E-state index in [1.807, 2.05) is 33.3 Å². The molecule has 0 atom stereocenters. The van der Waals surface area contributed by atoms with Gasteiger partial charge in [0.05, 0.1) is 11.2 Å². The predicted octanol–water partition coefficient (Wildman–Crippen LogP) is 2.50. The van der Waals surface area contributed by atoms with E-state index in [1.165, 1.54) is 4.88 Å². The van der Waals surface area contributed by atoms with Crippen molar-refractivity contribution in [2.24, 2.45) is 5.41 Å². The highest BCUT2D eigenvalue weighted by Gasteiger charge is 2.25. The fourth-order valence-corrected chi connectivity index (χ4v) is 2.42. The Hall–Kier alpha value is -0.740. The number of hydrogen-bond acceptors (Lipinski definition) is 4. The fourth-order valence-electron chi connectivity index (χ4n) is 1.57. The number of nitrogens with zero attached hydrogens (tertiary/aromatic N) is 2. The molecule has 0 saturated heterocycles. The minimum Gasteiger partial charge on any atom is -0.300 e. The van der Waals surface area contributed by atoms with E-state index in [-0.39, 0.29) is 11.2 Å². The molecule has 0 aromatic carbocycles. The van der Waals surface area contributed by atoms with E-state index < -0.39 is 0 Å². The third-order valence-electron chi connectivity index (χ3n) is 2.88. The quantitative estimate of drug-likeness (QED) is 0.793. The minimum atomic E-state index is -0.270. The van der Waals surface area contributed by atoms with Gasteiger partial charge >= 0.3 is 0 Å². The van der Waals surface area contributed by atoms with Crippen LogP contribution in [0.4, 0.5) is 0 Å². The van der Waals surface area contributed by atoms with Gasteiger partial charge in [-0.05, 0) is 20.9 Å². The van der Waals surface area contributed by atoms with Crippen LogP contribution in [-0.4, -0.2) is 29.3 Å². The van der Waals surface area contributed by atoms with E-state index in [9.17, 15) is 4.79 Å². The third kappa shape index (κ3) is 3.39. The Labute approximate surface area is 101 Å². The Morgan fingerprint density at radius 2 is 2.19 bits per heavy atom. The smallest absolute Gasteiger partial charge is 0.136 e. The number of Topliss-reactive ketones (excluding diaryl/α,β-unsaturated/α-hetero) is 1. The maximum atomic E-state index is 11.4. The second kappa shape index (κ2) is 5.06. The molecule has 0 N–H and O–H groups in total. The molecule has 0 bridgehead atoms. The summed E-state index contributed by atoms with van der Waals surface area (Å²) in [4.78, 5) is 19.1. The highest BCUT2D eigenvalue weighted by atomic mass is 32.1. The van der Waals surface area contributed by atoms with Crippen LogP contribution in [0.25, 0.3) is 0 Å². The number of aromatic nitrogens is 1. The molecule has 0 aliphatic rings. The van der Waals surface area contributed by atoms with E-state index in [2.05, 4.69) is 9.88 Å². The summed E-state index contributed by atoms with van der Waals surface area (Å²) < 4.78 is 0. The summed E-state index contributed by atoms with van der Waals surface area (Å²) in [7, 11) is 2.05. The monoisotopic (exact) mass is 240 g/mol. The fraction of sp³-hybridized carbons (Fsp3) is 0.667. The molecule has 16 heavy (non-hydrogen) atoms. The lowest BCUT2D eigenvalue weighted by Gasteiger charge is -2.27. The average molecular weight is 240 g/mol. The minimum absolute atomic E-state index is 0.236. The van der Waals surface area contributed by atoms with Gasteiger partial charge in [-0.15, -0.1) is 11.3 Å². The molecule has 0 saturated carbocycles. The second-order valence-electron chi connectivity index (χ2n) is 4.97. The maximum absolute atomic E-state index is 11.4. The number of aryl methyl sites for hydroxylation is 1. The number of hydrogen-bond donors (Lipinski definition) is 0. The molecule has 1 heterocycles. The first-order valence-electron chi connectivity index (χ1n) is 5.41. The molecular formula is C12H20N2OS. The van der Waals surface area contributed by atoms with E-state index in [0.29, 0.717) is 0 Å². The Morgan fingerprint density at radius 3 is 2.62 bits per heavy atom. The van der Waals surface area contributed by atoms with Crippen LogP contribution in [0.3, 0.4) is 0 Å². The number of carbonyl (C=O) groups is 1. The van der Waals surface area contributed by atoms with Gasteiger partial charge in [0.1, 0.15) is 5.78 Å². The zero-order valence-corrected chi connectivity index (χ0v) is 11.5. The molecule has 0 aliphatic heterocycles. The first kappa shape index (κ1) is 13.3. The SMILES string of the molecule is CC(=O)C(C)(C)CN(C)Cc1scnc1C. The second-order valence-corrected chi connectivity index (χ2v) is 5.91. The van der Waals surface area contributed by atoms with E-state index >= 15 is 0 Å². The van der Waals surface area contributed by atoms with Crippen LogP contribution in [0.2, 0.25) is 0 Å². The van der Waals surface area contributed by atoms with Crippen molar-refractivity contribution in [2.75, 3.05) is 13.6 Å². The van der Waals surface area contributed by atoms with Gasteiger partial charge in [-0.25, -0.2) is 4.98 Å². The normalized spacial score (nSPS) is 12.1. The van der Waals surface area contributed by atoms with Crippen LogP contribution < -0.4 is 0 Å². The van der Waals surface area contributed by atoms with Gasteiger partial charge in [-0.1, -0.05) is 13.8 Å². The molecule has 1 aromatic heterocycles. The van der Waals surface area contributed by atoms with Gasteiger partial charge in [-0.3, -0.25) is 4.79 Å². The predicted molar refractivity (Wildman–Crippen MR) is 67.6 cm³/mol. The first-order valence-corrected chi connectivity index (χ1v) is 6.29. The molecule has 0 radical (unpaired) electrons. The van der Waals surface area contributed by atoms with Gasteiger partial charge in [0, 0.05) is 23.4 Å². The van der Waals surface area contributed by atoms with Crippen molar-refractivity contribution in [3.8, 4) is 0 Å². The molecule has 0 unspecified atom stereocenters. The zero-order chi connectivity index (χ0) is 12.3. The van der Waals surface area contributed by atoms with Gasteiger partial charge in [-0.2, -0.15) is 0 Å². The van der Waals surface area contributed by atoms with Crippen molar-refractivity contribution in [1.82, 2.24) is 9.88 Å². The average Bonchev–Trinajstić information content (AvgIpc) is 2.50. The Balaban J connectivity index is 2.58. The van der Waals surface area contributed by atoms with E-state index in [0.717, 1.165) is 18.8 Å². The van der Waals surface area contributed by atoms with Crippen molar-refractivity contribution in [2.45, 2.75) is 34.2 Å². The molecule has 90 valence electrons. The van der Waals surface area contributed by atoms with Gasteiger partial charge in [0.15, 0.2) is 0 Å². The summed E-state index contributed by atoms with van der Waals surface area (Å²) in [6.45, 7) is 9.31. The summed E-state index contributed by atoms with van der Waals surface area (Å²) in [6, 6.07) is 0. The molecule has 4 heteroatoms. The third-order valence-corrected chi connectivity index (χ3v) is 3.80. The zero-order valence-electron chi connectivity index (χ0n) is 10.7. The Bertz CT molecular complexity index is 371. The molecule has 0 aliphatic carbocycles. The number of rotatable bonds is 5.